The lowest BCUT2D eigenvalue weighted by Crippen LogP contribution is -2.25. The number of ether oxygens (including phenoxy) is 4. The van der Waals surface area contributed by atoms with Gasteiger partial charge in [0.15, 0.2) is 12.4 Å². The summed E-state index contributed by atoms with van der Waals surface area (Å²) in [5.74, 6) is 0.764. The van der Waals surface area contributed by atoms with Crippen molar-refractivity contribution in [1.82, 2.24) is 4.98 Å². The van der Waals surface area contributed by atoms with Gasteiger partial charge < -0.3 is 24.1 Å². The highest BCUT2D eigenvalue weighted by molar-refractivity contribution is 5.92. The fraction of sp³-hybridized carbons (Fsp3) is 0.276. The first-order valence-corrected chi connectivity index (χ1v) is 12.2. The molecule has 0 bridgehead atoms. The SMILES string of the molecule is CCOC(COc1ccc([C@H]2Oc3cc(C(F)(F)F)ccc3-c3cnc4cc(O)ccc4c32)cc1)OCC. The molecule has 0 radical (unpaired) electrons. The van der Waals surface area contributed by atoms with Crippen LogP contribution in [0.2, 0.25) is 0 Å². The van der Waals surface area contributed by atoms with Crippen LogP contribution in [-0.2, 0) is 15.7 Å². The molecule has 0 saturated heterocycles. The Balaban J connectivity index is 1.54. The minimum Gasteiger partial charge on any atom is -0.508 e. The predicted molar refractivity (Wildman–Crippen MR) is 135 cm³/mol. The molecule has 0 saturated carbocycles. The highest BCUT2D eigenvalue weighted by atomic mass is 19.4. The maximum absolute atomic E-state index is 13.5. The van der Waals surface area contributed by atoms with E-state index < -0.39 is 24.1 Å². The quantitative estimate of drug-likeness (QED) is 0.253. The number of benzene rings is 3. The lowest BCUT2D eigenvalue weighted by molar-refractivity contribution is -0.152. The molecule has 198 valence electrons. The maximum atomic E-state index is 13.5. The molecule has 5 rings (SSSR count). The van der Waals surface area contributed by atoms with E-state index in [1.54, 1.807) is 36.5 Å². The average Bonchev–Trinajstić information content (AvgIpc) is 2.90. The van der Waals surface area contributed by atoms with Crippen molar-refractivity contribution in [2.45, 2.75) is 32.4 Å². The lowest BCUT2D eigenvalue weighted by atomic mass is 9.87. The molecule has 0 amide bonds. The first-order valence-electron chi connectivity index (χ1n) is 12.2. The minimum absolute atomic E-state index is 0.0624. The van der Waals surface area contributed by atoms with Gasteiger partial charge in [0.05, 0.1) is 11.1 Å². The number of alkyl halides is 3. The van der Waals surface area contributed by atoms with Crippen molar-refractivity contribution in [2.75, 3.05) is 19.8 Å². The van der Waals surface area contributed by atoms with E-state index in [0.717, 1.165) is 23.1 Å². The average molecular weight is 526 g/mol. The van der Waals surface area contributed by atoms with Crippen LogP contribution in [0, 0.1) is 0 Å². The molecular formula is C29H26F3NO5. The summed E-state index contributed by atoms with van der Waals surface area (Å²) in [6.45, 7) is 4.93. The minimum atomic E-state index is -4.51. The molecule has 2 heterocycles. The van der Waals surface area contributed by atoms with Crippen molar-refractivity contribution in [3.8, 4) is 28.4 Å². The van der Waals surface area contributed by atoms with Gasteiger partial charge in [-0.25, -0.2) is 0 Å². The highest BCUT2D eigenvalue weighted by Crippen LogP contribution is 2.48. The van der Waals surface area contributed by atoms with E-state index >= 15 is 0 Å². The molecule has 1 aliphatic heterocycles. The van der Waals surface area contributed by atoms with E-state index in [9.17, 15) is 18.3 Å². The largest absolute Gasteiger partial charge is 0.508 e. The molecule has 1 aromatic heterocycles. The number of phenolic OH excluding ortho intramolecular Hbond substituents is 1. The van der Waals surface area contributed by atoms with E-state index in [2.05, 4.69) is 4.98 Å². The van der Waals surface area contributed by atoms with Crippen LogP contribution in [0.4, 0.5) is 13.2 Å². The van der Waals surface area contributed by atoms with Gasteiger partial charge in [-0.2, -0.15) is 13.2 Å². The van der Waals surface area contributed by atoms with Gasteiger partial charge in [0, 0.05) is 47.6 Å². The monoisotopic (exact) mass is 525 g/mol. The summed E-state index contributed by atoms with van der Waals surface area (Å²) in [4.78, 5) is 4.46. The van der Waals surface area contributed by atoms with Crippen LogP contribution in [0.5, 0.6) is 17.2 Å². The highest BCUT2D eigenvalue weighted by Gasteiger charge is 2.35. The summed E-state index contributed by atoms with van der Waals surface area (Å²) in [6.07, 6.45) is -4.11. The van der Waals surface area contributed by atoms with Gasteiger partial charge >= 0.3 is 6.18 Å². The van der Waals surface area contributed by atoms with Crippen molar-refractivity contribution < 1.29 is 37.2 Å². The molecule has 1 N–H and O–H groups in total. The second-order valence-electron chi connectivity index (χ2n) is 8.71. The number of hydrogen-bond donors (Lipinski definition) is 1. The zero-order valence-corrected chi connectivity index (χ0v) is 20.8. The summed E-state index contributed by atoms with van der Waals surface area (Å²) in [5.41, 5.74) is 2.41. The van der Waals surface area contributed by atoms with E-state index in [4.69, 9.17) is 18.9 Å². The number of aromatic hydroxyl groups is 1. The third kappa shape index (κ3) is 5.12. The van der Waals surface area contributed by atoms with Crippen molar-refractivity contribution in [1.29, 1.82) is 0 Å². The van der Waals surface area contributed by atoms with Crippen molar-refractivity contribution in [3.63, 3.8) is 0 Å². The predicted octanol–water partition coefficient (Wildman–Crippen LogP) is 6.89. The normalized spacial score (nSPS) is 14.7. The Labute approximate surface area is 217 Å². The number of fused-ring (bicyclic) bond motifs is 5. The third-order valence-corrected chi connectivity index (χ3v) is 6.27. The third-order valence-electron chi connectivity index (χ3n) is 6.27. The van der Waals surface area contributed by atoms with E-state index in [0.29, 0.717) is 41.2 Å². The Hall–Kier alpha value is -3.82. The topological polar surface area (TPSA) is 70.0 Å². The number of pyridine rings is 1. The lowest BCUT2D eigenvalue weighted by Gasteiger charge is -2.30. The van der Waals surface area contributed by atoms with Gasteiger partial charge in [-0.15, -0.1) is 0 Å². The molecular weight excluding hydrogens is 499 g/mol. The summed E-state index contributed by atoms with van der Waals surface area (Å²) < 4.78 is 63.5. The van der Waals surface area contributed by atoms with Crippen LogP contribution in [0.1, 0.15) is 36.6 Å². The molecule has 0 fully saturated rings. The fourth-order valence-electron chi connectivity index (χ4n) is 4.56. The number of nitrogens with zero attached hydrogens (tertiary/aromatic N) is 1. The number of rotatable bonds is 8. The Morgan fingerprint density at radius 2 is 1.68 bits per heavy atom. The summed E-state index contributed by atoms with van der Waals surface area (Å²) in [7, 11) is 0. The molecule has 38 heavy (non-hydrogen) atoms. The molecule has 6 nitrogen and oxygen atoms in total. The van der Waals surface area contributed by atoms with Gasteiger partial charge in [-0.1, -0.05) is 12.1 Å². The van der Waals surface area contributed by atoms with Crippen LogP contribution < -0.4 is 9.47 Å². The molecule has 9 heteroatoms. The second kappa shape index (κ2) is 10.5. The molecule has 3 aromatic carbocycles. The maximum Gasteiger partial charge on any atom is 0.416 e. The van der Waals surface area contributed by atoms with Crippen molar-refractivity contribution in [3.05, 3.63) is 83.6 Å². The number of phenols is 1. The summed E-state index contributed by atoms with van der Waals surface area (Å²) >= 11 is 0. The smallest absolute Gasteiger partial charge is 0.416 e. The Morgan fingerprint density at radius 1 is 0.947 bits per heavy atom. The van der Waals surface area contributed by atoms with E-state index in [-0.39, 0.29) is 18.1 Å². The molecule has 0 unspecified atom stereocenters. The number of hydrogen-bond acceptors (Lipinski definition) is 6. The van der Waals surface area contributed by atoms with Crippen molar-refractivity contribution >= 4 is 10.9 Å². The van der Waals surface area contributed by atoms with Crippen LogP contribution in [0.3, 0.4) is 0 Å². The molecule has 1 aliphatic rings. The molecule has 0 spiro atoms. The zero-order valence-electron chi connectivity index (χ0n) is 20.8. The van der Waals surface area contributed by atoms with E-state index in [1.165, 1.54) is 6.07 Å². The first kappa shape index (κ1) is 25.8. The molecule has 0 aliphatic carbocycles. The fourth-order valence-corrected chi connectivity index (χ4v) is 4.56. The Kier molecular flexibility index (Phi) is 7.14. The van der Waals surface area contributed by atoms with Crippen LogP contribution in [0.15, 0.2) is 66.9 Å². The molecule has 4 aromatic rings. The van der Waals surface area contributed by atoms with Crippen LogP contribution in [0.25, 0.3) is 22.0 Å². The zero-order chi connectivity index (χ0) is 26.9. The van der Waals surface area contributed by atoms with Gasteiger partial charge in [-0.05, 0) is 61.9 Å². The summed E-state index contributed by atoms with van der Waals surface area (Å²) in [6, 6.07) is 15.5. The second-order valence-corrected chi connectivity index (χ2v) is 8.71. The van der Waals surface area contributed by atoms with Gasteiger partial charge in [0.1, 0.15) is 23.9 Å². The van der Waals surface area contributed by atoms with Gasteiger partial charge in [0.2, 0.25) is 0 Å². The van der Waals surface area contributed by atoms with E-state index in [1.807, 2.05) is 26.0 Å². The summed E-state index contributed by atoms with van der Waals surface area (Å²) in [5, 5.41) is 10.7. The Morgan fingerprint density at radius 3 is 2.37 bits per heavy atom. The first-order chi connectivity index (χ1) is 18.3. The number of aromatic nitrogens is 1. The molecule has 1 atom stereocenters. The number of halogens is 3. The van der Waals surface area contributed by atoms with Crippen molar-refractivity contribution in [2.24, 2.45) is 0 Å². The standard InChI is InChI=1S/C29H26F3NO5/c1-3-35-26(36-4-2)16-37-20-9-5-17(6-10-20)28-27-22-12-8-19(34)14-24(22)33-15-23(27)21-11-7-18(29(30,31)32)13-25(21)38-28/h5-15,26,28,34H,3-4,16H2,1-2H3/t28-/m1/s1. The van der Waals surface area contributed by atoms with Crippen LogP contribution in [-0.4, -0.2) is 36.2 Å². The van der Waals surface area contributed by atoms with Crippen LogP contribution >= 0.6 is 0 Å². The van der Waals surface area contributed by atoms with Gasteiger partial charge in [-0.3, -0.25) is 4.98 Å². The Bertz CT molecular complexity index is 1430. The van der Waals surface area contributed by atoms with Gasteiger partial charge in [0.25, 0.3) is 0 Å².